The minimum absolute atomic E-state index is 0.772. The topological polar surface area (TPSA) is 16.1 Å². The first-order chi connectivity index (χ1) is 9.85. The van der Waals surface area contributed by atoms with Gasteiger partial charge in [-0.3, -0.25) is 9.88 Å². The fourth-order valence-corrected chi connectivity index (χ4v) is 2.59. The van der Waals surface area contributed by atoms with Gasteiger partial charge in [0.05, 0.1) is 0 Å². The van der Waals surface area contributed by atoms with Gasteiger partial charge >= 0.3 is 0 Å². The normalized spacial score (nSPS) is 14.7. The maximum atomic E-state index is 4.10. The maximum absolute atomic E-state index is 4.10. The number of nitrogens with zero attached hydrogens (tertiary/aromatic N) is 2. The van der Waals surface area contributed by atoms with Crippen molar-refractivity contribution in [3.05, 3.63) is 65.5 Å². The van der Waals surface area contributed by atoms with Crippen LogP contribution in [0.15, 0.2) is 48.8 Å². The van der Waals surface area contributed by atoms with E-state index in [1.165, 1.54) is 29.5 Å². The van der Waals surface area contributed by atoms with Gasteiger partial charge in [-0.1, -0.05) is 31.2 Å². The zero-order chi connectivity index (χ0) is 13.8. The minimum atomic E-state index is 0.772. The standard InChI is InChI=1S/C18H22N2/c1-2-15-3-5-16(6-4-15)13-20(18-7-8-18)14-17-9-11-19-12-10-17/h3-6,9-12,18H,2,7-8,13-14H2,1H3. The van der Waals surface area contributed by atoms with Crippen molar-refractivity contribution in [2.75, 3.05) is 0 Å². The zero-order valence-electron chi connectivity index (χ0n) is 12.1. The van der Waals surface area contributed by atoms with Crippen LogP contribution in [0.5, 0.6) is 0 Å². The molecule has 20 heavy (non-hydrogen) atoms. The van der Waals surface area contributed by atoms with Gasteiger partial charge in [-0.05, 0) is 48.1 Å². The van der Waals surface area contributed by atoms with E-state index in [9.17, 15) is 0 Å². The summed E-state index contributed by atoms with van der Waals surface area (Å²) in [6.45, 7) is 4.29. The average Bonchev–Trinajstić information content (AvgIpc) is 3.33. The summed E-state index contributed by atoms with van der Waals surface area (Å²) < 4.78 is 0. The quantitative estimate of drug-likeness (QED) is 0.790. The van der Waals surface area contributed by atoms with Crippen molar-refractivity contribution in [3.8, 4) is 0 Å². The molecule has 2 heteroatoms. The lowest BCUT2D eigenvalue weighted by Crippen LogP contribution is -2.25. The summed E-state index contributed by atoms with van der Waals surface area (Å²) in [7, 11) is 0. The minimum Gasteiger partial charge on any atom is -0.292 e. The van der Waals surface area contributed by atoms with Crippen LogP contribution in [0.1, 0.15) is 36.5 Å². The Morgan fingerprint density at radius 2 is 1.45 bits per heavy atom. The molecule has 0 bridgehead atoms. The maximum Gasteiger partial charge on any atom is 0.0271 e. The molecule has 0 amide bonds. The summed E-state index contributed by atoms with van der Waals surface area (Å²) in [6.07, 6.45) is 7.58. The average molecular weight is 266 g/mol. The molecule has 2 aromatic rings. The number of hydrogen-bond acceptors (Lipinski definition) is 2. The Labute approximate surface area is 121 Å². The molecule has 1 saturated carbocycles. The van der Waals surface area contributed by atoms with Crippen LogP contribution in [-0.4, -0.2) is 15.9 Å². The Kier molecular flexibility index (Phi) is 4.12. The molecule has 0 saturated heterocycles. The molecule has 1 aromatic heterocycles. The van der Waals surface area contributed by atoms with Gasteiger partial charge in [-0.15, -0.1) is 0 Å². The van der Waals surface area contributed by atoms with Crippen molar-refractivity contribution in [3.63, 3.8) is 0 Å². The molecule has 0 radical (unpaired) electrons. The first-order valence-electron chi connectivity index (χ1n) is 7.56. The van der Waals surface area contributed by atoms with Gasteiger partial charge in [0, 0.05) is 31.5 Å². The molecule has 1 aliphatic carbocycles. The number of benzene rings is 1. The van der Waals surface area contributed by atoms with E-state index in [1.54, 1.807) is 0 Å². The fourth-order valence-electron chi connectivity index (χ4n) is 2.59. The van der Waals surface area contributed by atoms with Crippen molar-refractivity contribution in [1.29, 1.82) is 0 Å². The van der Waals surface area contributed by atoms with E-state index in [4.69, 9.17) is 0 Å². The molecular weight excluding hydrogens is 244 g/mol. The van der Waals surface area contributed by atoms with E-state index >= 15 is 0 Å². The lowest BCUT2D eigenvalue weighted by Gasteiger charge is -2.22. The number of aromatic nitrogens is 1. The van der Waals surface area contributed by atoms with Gasteiger partial charge in [-0.25, -0.2) is 0 Å². The Morgan fingerprint density at radius 3 is 2.00 bits per heavy atom. The second kappa shape index (κ2) is 6.19. The van der Waals surface area contributed by atoms with E-state index in [1.807, 2.05) is 12.4 Å². The highest BCUT2D eigenvalue weighted by molar-refractivity contribution is 5.23. The predicted octanol–water partition coefficient (Wildman–Crippen LogP) is 3.81. The summed E-state index contributed by atoms with van der Waals surface area (Å²) in [6, 6.07) is 14.1. The van der Waals surface area contributed by atoms with Crippen molar-refractivity contribution in [1.82, 2.24) is 9.88 Å². The third-order valence-electron chi connectivity index (χ3n) is 4.02. The molecule has 104 valence electrons. The first-order valence-corrected chi connectivity index (χ1v) is 7.56. The number of pyridine rings is 1. The Hall–Kier alpha value is -1.67. The fraction of sp³-hybridized carbons (Fsp3) is 0.389. The highest BCUT2D eigenvalue weighted by atomic mass is 15.2. The first kappa shape index (κ1) is 13.3. The number of aryl methyl sites for hydroxylation is 1. The summed E-state index contributed by atoms with van der Waals surface area (Å²) in [5.41, 5.74) is 4.20. The van der Waals surface area contributed by atoms with Crippen LogP contribution < -0.4 is 0 Å². The van der Waals surface area contributed by atoms with Crippen molar-refractivity contribution in [2.45, 2.75) is 45.3 Å². The van der Waals surface area contributed by atoms with Crippen molar-refractivity contribution >= 4 is 0 Å². The molecular formula is C18H22N2. The molecule has 0 aliphatic heterocycles. The van der Waals surface area contributed by atoms with Crippen LogP contribution in [-0.2, 0) is 19.5 Å². The lowest BCUT2D eigenvalue weighted by molar-refractivity contribution is 0.245. The lowest BCUT2D eigenvalue weighted by atomic mass is 10.1. The predicted molar refractivity (Wildman–Crippen MR) is 82.3 cm³/mol. The second-order valence-corrected chi connectivity index (χ2v) is 5.66. The largest absolute Gasteiger partial charge is 0.292 e. The van der Waals surface area contributed by atoms with E-state index in [0.717, 1.165) is 25.6 Å². The molecule has 1 fully saturated rings. The van der Waals surface area contributed by atoms with E-state index in [2.05, 4.69) is 53.2 Å². The molecule has 0 unspecified atom stereocenters. The number of hydrogen-bond donors (Lipinski definition) is 0. The molecule has 3 rings (SSSR count). The van der Waals surface area contributed by atoms with Gasteiger partial charge in [0.1, 0.15) is 0 Å². The Bertz CT molecular complexity index is 529. The van der Waals surface area contributed by atoms with Crippen LogP contribution in [0.4, 0.5) is 0 Å². The molecule has 0 N–H and O–H groups in total. The smallest absolute Gasteiger partial charge is 0.0271 e. The Balaban J connectivity index is 1.67. The highest BCUT2D eigenvalue weighted by Gasteiger charge is 2.28. The SMILES string of the molecule is CCc1ccc(CN(Cc2ccncc2)C2CC2)cc1. The molecule has 1 aliphatic rings. The Morgan fingerprint density at radius 1 is 0.900 bits per heavy atom. The molecule has 0 spiro atoms. The third-order valence-corrected chi connectivity index (χ3v) is 4.02. The van der Waals surface area contributed by atoms with E-state index in [-0.39, 0.29) is 0 Å². The summed E-state index contributed by atoms with van der Waals surface area (Å²) >= 11 is 0. The summed E-state index contributed by atoms with van der Waals surface area (Å²) in [5, 5.41) is 0. The van der Waals surface area contributed by atoms with Gasteiger partial charge < -0.3 is 0 Å². The van der Waals surface area contributed by atoms with Gasteiger partial charge in [0.25, 0.3) is 0 Å². The number of rotatable bonds is 6. The van der Waals surface area contributed by atoms with E-state index < -0.39 is 0 Å². The second-order valence-electron chi connectivity index (χ2n) is 5.66. The van der Waals surface area contributed by atoms with Crippen LogP contribution in [0, 0.1) is 0 Å². The zero-order valence-corrected chi connectivity index (χ0v) is 12.1. The van der Waals surface area contributed by atoms with Gasteiger partial charge in [0.15, 0.2) is 0 Å². The molecule has 1 aromatic carbocycles. The van der Waals surface area contributed by atoms with Crippen molar-refractivity contribution < 1.29 is 0 Å². The van der Waals surface area contributed by atoms with Crippen LogP contribution in [0.25, 0.3) is 0 Å². The molecule has 2 nitrogen and oxygen atoms in total. The van der Waals surface area contributed by atoms with Crippen LogP contribution in [0.3, 0.4) is 0 Å². The summed E-state index contributed by atoms with van der Waals surface area (Å²) in [5.74, 6) is 0. The monoisotopic (exact) mass is 266 g/mol. The van der Waals surface area contributed by atoms with Gasteiger partial charge in [-0.2, -0.15) is 0 Å². The molecule has 1 heterocycles. The van der Waals surface area contributed by atoms with Crippen LogP contribution in [0.2, 0.25) is 0 Å². The van der Waals surface area contributed by atoms with Gasteiger partial charge in [0.2, 0.25) is 0 Å². The molecule has 0 atom stereocenters. The highest BCUT2D eigenvalue weighted by Crippen LogP contribution is 2.29. The third kappa shape index (κ3) is 3.45. The van der Waals surface area contributed by atoms with E-state index in [0.29, 0.717) is 0 Å². The summed E-state index contributed by atoms with van der Waals surface area (Å²) in [4.78, 5) is 6.69. The van der Waals surface area contributed by atoms with Crippen LogP contribution >= 0.6 is 0 Å². The van der Waals surface area contributed by atoms with Crippen molar-refractivity contribution in [2.24, 2.45) is 0 Å².